The Kier molecular flexibility index (Phi) is 6.07. The highest BCUT2D eigenvalue weighted by molar-refractivity contribution is 7.27. The third-order valence-corrected chi connectivity index (χ3v) is 11.9. The molecule has 9 aromatic carbocycles. The van der Waals surface area contributed by atoms with Gasteiger partial charge < -0.3 is 0 Å². The van der Waals surface area contributed by atoms with Gasteiger partial charge in [-0.1, -0.05) is 133 Å². The zero-order chi connectivity index (χ0) is 33.6. The minimum Gasteiger partial charge on any atom is -0.297 e. The first-order chi connectivity index (χ1) is 25.2. The van der Waals surface area contributed by atoms with Crippen molar-refractivity contribution in [3.8, 4) is 27.9 Å². The van der Waals surface area contributed by atoms with Crippen LogP contribution in [0.4, 0.5) is 0 Å². The summed E-state index contributed by atoms with van der Waals surface area (Å²) in [5.41, 5.74) is 8.27. The van der Waals surface area contributed by atoms with Crippen LogP contribution in [0, 0.1) is 6.92 Å². The zero-order valence-electron chi connectivity index (χ0n) is 27.9. The van der Waals surface area contributed by atoms with E-state index in [0.717, 1.165) is 22.5 Å². The van der Waals surface area contributed by atoms with Crippen molar-refractivity contribution in [3.63, 3.8) is 0 Å². The van der Waals surface area contributed by atoms with E-state index in [2.05, 4.69) is 169 Å². The lowest BCUT2D eigenvalue weighted by molar-refractivity contribution is 1.00. The minimum atomic E-state index is 0.987. The lowest BCUT2D eigenvalue weighted by Crippen LogP contribution is -1.97. The first-order valence-electron chi connectivity index (χ1n) is 17.5. The van der Waals surface area contributed by atoms with Crippen molar-refractivity contribution < 1.29 is 0 Å². The largest absolute Gasteiger partial charge is 0.297 e. The van der Waals surface area contributed by atoms with Crippen LogP contribution in [0.15, 0.2) is 164 Å². The molecule has 238 valence electrons. The molecule has 0 aliphatic rings. The van der Waals surface area contributed by atoms with E-state index in [9.17, 15) is 0 Å². The smallest absolute Gasteiger partial charge is 0.111 e. The summed E-state index contributed by atoms with van der Waals surface area (Å²) >= 11 is 1.92. The summed E-state index contributed by atoms with van der Waals surface area (Å²) in [6.07, 6.45) is 0. The van der Waals surface area contributed by atoms with Crippen LogP contribution in [0.2, 0.25) is 0 Å². The monoisotopic (exact) mass is 666 g/mol. The lowest BCUT2D eigenvalue weighted by atomic mass is 9.86. The number of para-hydroxylation sites is 2. The molecule has 0 unspecified atom stereocenters. The molecule has 2 aromatic heterocycles. The number of benzene rings is 9. The Bertz CT molecular complexity index is 3140. The van der Waals surface area contributed by atoms with Gasteiger partial charge in [-0.05, 0) is 97.2 Å². The van der Waals surface area contributed by atoms with Crippen molar-refractivity contribution in [2.45, 2.75) is 6.92 Å². The van der Waals surface area contributed by atoms with E-state index in [4.69, 9.17) is 4.98 Å². The van der Waals surface area contributed by atoms with Gasteiger partial charge in [0.1, 0.15) is 5.82 Å². The maximum absolute atomic E-state index is 4.81. The summed E-state index contributed by atoms with van der Waals surface area (Å²) in [7, 11) is 0. The van der Waals surface area contributed by atoms with Gasteiger partial charge in [0, 0.05) is 31.2 Å². The van der Waals surface area contributed by atoms with Crippen molar-refractivity contribution in [3.05, 3.63) is 170 Å². The molecule has 2 heterocycles. The molecule has 0 fully saturated rings. The van der Waals surface area contributed by atoms with Crippen LogP contribution in [0.25, 0.3) is 102 Å². The van der Waals surface area contributed by atoms with Crippen LogP contribution in [-0.2, 0) is 0 Å². The quantitative estimate of drug-likeness (QED) is 0.136. The maximum Gasteiger partial charge on any atom is 0.111 e. The Labute approximate surface area is 298 Å². The van der Waals surface area contributed by atoms with Crippen molar-refractivity contribution in [1.29, 1.82) is 0 Å². The van der Waals surface area contributed by atoms with E-state index < -0.39 is 0 Å². The average Bonchev–Trinajstić information content (AvgIpc) is 3.74. The fourth-order valence-corrected chi connectivity index (χ4v) is 9.86. The molecule has 2 nitrogen and oxygen atoms in total. The van der Waals surface area contributed by atoms with Crippen LogP contribution in [0.3, 0.4) is 0 Å². The number of hydrogen-bond donors (Lipinski definition) is 0. The van der Waals surface area contributed by atoms with Gasteiger partial charge in [0.15, 0.2) is 0 Å². The second-order valence-corrected chi connectivity index (χ2v) is 14.5. The Balaban J connectivity index is 1.14. The number of fused-ring (bicyclic) bond motifs is 11. The van der Waals surface area contributed by atoms with Crippen LogP contribution in [-0.4, -0.2) is 9.55 Å². The van der Waals surface area contributed by atoms with Gasteiger partial charge in [-0.25, -0.2) is 4.98 Å². The molecule has 0 saturated heterocycles. The predicted octanol–water partition coefficient (Wildman–Crippen LogP) is 13.6. The van der Waals surface area contributed by atoms with Gasteiger partial charge in [-0.2, -0.15) is 0 Å². The molecular formula is C48H30N2S. The SMILES string of the molecule is Cc1nc2ccccc2n1-c1ccc(-c2c3ccccc3c(-c3ccc4c(c3)sc3c5ccccc5c5ccccc5c43)c3ccccc23)cc1. The predicted molar refractivity (Wildman–Crippen MR) is 220 cm³/mol. The fourth-order valence-electron chi connectivity index (χ4n) is 8.56. The van der Waals surface area contributed by atoms with Crippen LogP contribution in [0.1, 0.15) is 5.82 Å². The van der Waals surface area contributed by atoms with Gasteiger partial charge in [0.25, 0.3) is 0 Å². The molecule has 0 radical (unpaired) electrons. The third kappa shape index (κ3) is 4.13. The second kappa shape index (κ2) is 10.9. The normalized spacial score (nSPS) is 12.0. The highest BCUT2D eigenvalue weighted by Gasteiger charge is 2.19. The Hall–Kier alpha value is -6.29. The first kappa shape index (κ1) is 28.5. The summed E-state index contributed by atoms with van der Waals surface area (Å²) in [5, 5.41) is 13.0. The van der Waals surface area contributed by atoms with Crippen molar-refractivity contribution in [1.82, 2.24) is 9.55 Å². The molecule has 11 rings (SSSR count). The molecule has 0 saturated carbocycles. The summed E-state index contributed by atoms with van der Waals surface area (Å²) < 4.78 is 4.93. The number of rotatable bonds is 3. The highest BCUT2D eigenvalue weighted by atomic mass is 32.1. The fraction of sp³-hybridized carbons (Fsp3) is 0.0208. The molecule has 0 atom stereocenters. The van der Waals surface area contributed by atoms with Gasteiger partial charge in [-0.15, -0.1) is 11.3 Å². The molecule has 0 N–H and O–H groups in total. The Morgan fingerprint density at radius 1 is 0.451 bits per heavy atom. The van der Waals surface area contributed by atoms with Crippen molar-refractivity contribution >= 4 is 85.6 Å². The average molecular weight is 667 g/mol. The van der Waals surface area contributed by atoms with E-state index in [1.165, 1.54) is 85.5 Å². The van der Waals surface area contributed by atoms with E-state index in [1.54, 1.807) is 0 Å². The second-order valence-electron chi connectivity index (χ2n) is 13.5. The number of thiophene rings is 1. The molecule has 0 aliphatic carbocycles. The highest BCUT2D eigenvalue weighted by Crippen LogP contribution is 2.48. The summed E-state index contributed by atoms with van der Waals surface area (Å²) in [6, 6.07) is 60.1. The van der Waals surface area contributed by atoms with E-state index in [0.29, 0.717) is 0 Å². The van der Waals surface area contributed by atoms with Crippen molar-refractivity contribution in [2.75, 3.05) is 0 Å². The third-order valence-electron chi connectivity index (χ3n) is 10.7. The summed E-state index contributed by atoms with van der Waals surface area (Å²) in [4.78, 5) is 4.81. The number of aromatic nitrogens is 2. The summed E-state index contributed by atoms with van der Waals surface area (Å²) in [5.74, 6) is 0.987. The molecular weight excluding hydrogens is 637 g/mol. The van der Waals surface area contributed by atoms with Crippen LogP contribution < -0.4 is 0 Å². The maximum atomic E-state index is 4.81. The molecule has 0 aliphatic heterocycles. The van der Waals surface area contributed by atoms with Crippen LogP contribution in [0.5, 0.6) is 0 Å². The standard InChI is InChI=1S/C48H30N2S/c1-29-49-42-20-10-11-21-43(42)50(29)32-25-22-30(23-26-32)45-36-15-5-7-17-38(36)46(39-18-8-6-16-37(39)45)31-24-27-41-44(28-31)51-48-40-19-9-3-13-34(40)33-12-2-4-14-35(33)47(41)48/h2-28H,1H3. The number of hydrogen-bond acceptors (Lipinski definition) is 2. The molecule has 11 aromatic rings. The topological polar surface area (TPSA) is 17.8 Å². The summed E-state index contributed by atoms with van der Waals surface area (Å²) in [6.45, 7) is 2.08. The molecule has 3 heteroatoms. The minimum absolute atomic E-state index is 0.987. The van der Waals surface area contributed by atoms with E-state index in [1.807, 2.05) is 17.4 Å². The van der Waals surface area contributed by atoms with Gasteiger partial charge in [-0.3, -0.25) is 4.57 Å². The first-order valence-corrected chi connectivity index (χ1v) is 18.3. The number of nitrogens with zero attached hydrogens (tertiary/aromatic N) is 2. The Morgan fingerprint density at radius 2 is 0.961 bits per heavy atom. The van der Waals surface area contributed by atoms with Gasteiger partial charge >= 0.3 is 0 Å². The number of imidazole rings is 1. The van der Waals surface area contributed by atoms with Crippen LogP contribution >= 0.6 is 11.3 Å². The van der Waals surface area contributed by atoms with Gasteiger partial charge in [0.05, 0.1) is 11.0 Å². The molecule has 0 bridgehead atoms. The van der Waals surface area contributed by atoms with E-state index in [-0.39, 0.29) is 0 Å². The number of aryl methyl sites for hydroxylation is 1. The molecule has 51 heavy (non-hydrogen) atoms. The molecule has 0 amide bonds. The zero-order valence-corrected chi connectivity index (χ0v) is 28.7. The Morgan fingerprint density at radius 3 is 1.63 bits per heavy atom. The lowest BCUT2D eigenvalue weighted by Gasteiger charge is -2.18. The van der Waals surface area contributed by atoms with E-state index >= 15 is 0 Å². The molecule has 0 spiro atoms. The van der Waals surface area contributed by atoms with Gasteiger partial charge in [0.2, 0.25) is 0 Å². The van der Waals surface area contributed by atoms with Crippen molar-refractivity contribution in [2.24, 2.45) is 0 Å².